The lowest BCUT2D eigenvalue weighted by Crippen LogP contribution is -2.33. The molecule has 0 fully saturated rings. The molecule has 2 aromatic carbocycles. The maximum atomic E-state index is 13.6. The van der Waals surface area contributed by atoms with Gasteiger partial charge in [0.05, 0.1) is 23.8 Å². The van der Waals surface area contributed by atoms with Gasteiger partial charge < -0.3 is 24.7 Å². The molecule has 0 bridgehead atoms. The van der Waals surface area contributed by atoms with Crippen LogP contribution >= 0.6 is 11.6 Å². The number of sulfonamides is 1. The zero-order chi connectivity index (χ0) is 28.4. The lowest BCUT2D eigenvalue weighted by Gasteiger charge is -2.27. The Balaban J connectivity index is 1.88. The monoisotopic (exact) mass is 569 g/mol. The first kappa shape index (κ1) is 27.9. The van der Waals surface area contributed by atoms with Crippen molar-refractivity contribution in [3.63, 3.8) is 0 Å². The van der Waals surface area contributed by atoms with E-state index in [1.807, 2.05) is 20.8 Å². The van der Waals surface area contributed by atoms with Gasteiger partial charge in [-0.05, 0) is 59.0 Å². The number of hydrogen-bond donors (Lipinski definition) is 3. The van der Waals surface area contributed by atoms with Crippen LogP contribution in [0, 0.1) is 5.41 Å². The fourth-order valence-corrected chi connectivity index (χ4v) is 5.03. The van der Waals surface area contributed by atoms with E-state index in [-0.39, 0.29) is 49.8 Å². The Morgan fingerprint density at radius 3 is 2.28 bits per heavy atom. The highest BCUT2D eigenvalue weighted by atomic mass is 35.5. The standard InChI is InChI=1S/C28H28ClN3O6S/c1-28(2,3)17-12-14-18(15-13-17)39(33,34)32-23-22(27(30)31)24(21-11-7-8-16-36-21)38-26(29)25(23)37-20-10-6-5-9-19(20)35-4/h5-16,32H,1-4H3,(H3,30,31). The van der Waals surface area contributed by atoms with Crippen molar-refractivity contribution in [2.24, 2.45) is 5.73 Å². The SMILES string of the molecule is COc1ccccc1OC1=C(Cl)OC(=C2C=CC=CO2)C(C(=N)N)=C1NS(=O)(=O)c1ccc(C(C)(C)C)cc1. The van der Waals surface area contributed by atoms with Crippen LogP contribution in [-0.2, 0) is 24.9 Å². The Kier molecular flexibility index (Phi) is 7.80. The fourth-order valence-electron chi connectivity index (χ4n) is 3.74. The third kappa shape index (κ3) is 5.97. The highest BCUT2D eigenvalue weighted by Gasteiger charge is 2.36. The number of halogens is 1. The van der Waals surface area contributed by atoms with E-state index in [1.54, 1.807) is 54.6 Å². The summed E-state index contributed by atoms with van der Waals surface area (Å²) in [5.41, 5.74) is 6.42. The van der Waals surface area contributed by atoms with Crippen LogP contribution < -0.4 is 19.9 Å². The minimum atomic E-state index is -4.22. The molecule has 0 spiro atoms. The smallest absolute Gasteiger partial charge is 0.262 e. The van der Waals surface area contributed by atoms with E-state index < -0.39 is 15.9 Å². The molecule has 0 saturated carbocycles. The maximum absolute atomic E-state index is 13.6. The normalized spacial score (nSPS) is 17.5. The zero-order valence-electron chi connectivity index (χ0n) is 21.7. The molecule has 2 aromatic rings. The molecule has 0 saturated heterocycles. The molecule has 2 aliphatic rings. The first-order chi connectivity index (χ1) is 18.4. The van der Waals surface area contributed by atoms with Crippen molar-refractivity contribution in [3.8, 4) is 11.5 Å². The molecule has 2 heterocycles. The Morgan fingerprint density at radius 1 is 1.05 bits per heavy atom. The van der Waals surface area contributed by atoms with Gasteiger partial charge in [0.15, 0.2) is 23.0 Å². The predicted molar refractivity (Wildman–Crippen MR) is 148 cm³/mol. The molecule has 2 aliphatic heterocycles. The second-order valence-electron chi connectivity index (χ2n) is 9.50. The molecule has 0 aliphatic carbocycles. The molecule has 0 unspecified atom stereocenters. The third-order valence-corrected chi connectivity index (χ3v) is 7.36. The van der Waals surface area contributed by atoms with Crippen molar-refractivity contribution in [2.75, 3.05) is 7.11 Å². The summed E-state index contributed by atoms with van der Waals surface area (Å²) in [7, 11) is -2.76. The summed E-state index contributed by atoms with van der Waals surface area (Å²) in [5, 5.41) is 8.00. The lowest BCUT2D eigenvalue weighted by atomic mass is 9.87. The predicted octanol–water partition coefficient (Wildman–Crippen LogP) is 5.29. The number of amidine groups is 1. The minimum absolute atomic E-state index is 0.0175. The summed E-state index contributed by atoms with van der Waals surface area (Å²) in [5.74, 6) is -0.0777. The summed E-state index contributed by atoms with van der Waals surface area (Å²) in [4.78, 5) is -0.0175. The summed E-state index contributed by atoms with van der Waals surface area (Å²) >= 11 is 6.53. The van der Waals surface area contributed by atoms with Gasteiger partial charge in [0.25, 0.3) is 10.0 Å². The largest absolute Gasteiger partial charge is 0.493 e. The Bertz CT molecular complexity index is 1560. The first-order valence-corrected chi connectivity index (χ1v) is 13.6. The van der Waals surface area contributed by atoms with Crippen LogP contribution in [0.1, 0.15) is 26.3 Å². The van der Waals surface area contributed by atoms with Crippen LogP contribution in [0.25, 0.3) is 0 Å². The van der Waals surface area contributed by atoms with Crippen molar-refractivity contribution in [1.82, 2.24) is 4.72 Å². The van der Waals surface area contributed by atoms with E-state index in [2.05, 4.69) is 4.72 Å². The minimum Gasteiger partial charge on any atom is -0.493 e. The molecule has 39 heavy (non-hydrogen) atoms. The number of benzene rings is 2. The Morgan fingerprint density at radius 2 is 1.72 bits per heavy atom. The van der Waals surface area contributed by atoms with E-state index in [0.29, 0.717) is 5.75 Å². The molecule has 4 rings (SSSR count). The lowest BCUT2D eigenvalue weighted by molar-refractivity contribution is 0.259. The average molecular weight is 570 g/mol. The van der Waals surface area contributed by atoms with Crippen LogP contribution in [0.2, 0.25) is 0 Å². The molecule has 204 valence electrons. The number of methoxy groups -OCH3 is 1. The van der Waals surface area contributed by atoms with Crippen molar-refractivity contribution in [3.05, 3.63) is 112 Å². The molecule has 0 amide bonds. The third-order valence-electron chi connectivity index (χ3n) is 5.75. The Labute approximate surface area is 232 Å². The van der Waals surface area contributed by atoms with Crippen LogP contribution in [0.4, 0.5) is 0 Å². The maximum Gasteiger partial charge on any atom is 0.262 e. The van der Waals surface area contributed by atoms with E-state index in [1.165, 1.54) is 25.5 Å². The average Bonchev–Trinajstić information content (AvgIpc) is 2.90. The van der Waals surface area contributed by atoms with Crippen molar-refractivity contribution < 1.29 is 27.4 Å². The van der Waals surface area contributed by atoms with Gasteiger partial charge >= 0.3 is 0 Å². The van der Waals surface area contributed by atoms with Crippen LogP contribution in [-0.4, -0.2) is 21.4 Å². The van der Waals surface area contributed by atoms with Crippen LogP contribution in [0.5, 0.6) is 11.5 Å². The fraction of sp³-hybridized carbons (Fsp3) is 0.179. The second kappa shape index (κ2) is 10.9. The highest BCUT2D eigenvalue weighted by molar-refractivity contribution is 7.89. The molecule has 9 nitrogen and oxygen atoms in total. The molecule has 4 N–H and O–H groups in total. The van der Waals surface area contributed by atoms with Gasteiger partial charge in [-0.25, -0.2) is 8.42 Å². The van der Waals surface area contributed by atoms with Gasteiger partial charge in [0, 0.05) is 0 Å². The van der Waals surface area contributed by atoms with E-state index in [0.717, 1.165) is 5.56 Å². The Hall–Kier alpha value is -4.15. The van der Waals surface area contributed by atoms with Gasteiger partial charge in [-0.3, -0.25) is 10.1 Å². The summed E-state index contributed by atoms with van der Waals surface area (Å²) in [6, 6.07) is 13.2. The summed E-state index contributed by atoms with van der Waals surface area (Å²) in [6.07, 6.45) is 6.27. The first-order valence-electron chi connectivity index (χ1n) is 11.8. The zero-order valence-corrected chi connectivity index (χ0v) is 23.3. The second-order valence-corrected chi connectivity index (χ2v) is 11.5. The van der Waals surface area contributed by atoms with Crippen molar-refractivity contribution in [1.29, 1.82) is 5.41 Å². The summed E-state index contributed by atoms with van der Waals surface area (Å²) in [6.45, 7) is 6.09. The number of para-hydroxylation sites is 2. The van der Waals surface area contributed by atoms with E-state index in [9.17, 15) is 8.42 Å². The number of rotatable bonds is 7. The molecule has 0 radical (unpaired) electrons. The van der Waals surface area contributed by atoms with Gasteiger partial charge in [0.1, 0.15) is 11.5 Å². The molecule has 0 atom stereocenters. The van der Waals surface area contributed by atoms with Gasteiger partial charge in [0.2, 0.25) is 11.0 Å². The number of nitrogens with one attached hydrogen (secondary N) is 2. The quantitative estimate of drug-likeness (QED) is 0.305. The number of nitrogens with two attached hydrogens (primary N) is 1. The number of ether oxygens (including phenoxy) is 4. The highest BCUT2D eigenvalue weighted by Crippen LogP contribution is 2.39. The van der Waals surface area contributed by atoms with Gasteiger partial charge in [-0.1, -0.05) is 51.1 Å². The molecule has 11 heteroatoms. The van der Waals surface area contributed by atoms with Gasteiger partial charge in [-0.2, -0.15) is 0 Å². The van der Waals surface area contributed by atoms with Crippen molar-refractivity contribution >= 4 is 27.5 Å². The van der Waals surface area contributed by atoms with Gasteiger partial charge in [-0.15, -0.1) is 0 Å². The van der Waals surface area contributed by atoms with E-state index in [4.69, 9.17) is 41.7 Å². The van der Waals surface area contributed by atoms with Crippen molar-refractivity contribution in [2.45, 2.75) is 31.1 Å². The van der Waals surface area contributed by atoms with Crippen LogP contribution in [0.3, 0.4) is 0 Å². The summed E-state index contributed by atoms with van der Waals surface area (Å²) < 4.78 is 52.5. The number of hydrogen-bond acceptors (Lipinski definition) is 7. The topological polar surface area (TPSA) is 133 Å². The van der Waals surface area contributed by atoms with E-state index >= 15 is 0 Å². The molecular formula is C28H28ClN3O6S. The number of allylic oxidation sites excluding steroid dienone is 3. The molecule has 0 aromatic heterocycles. The molecular weight excluding hydrogens is 542 g/mol. The van der Waals surface area contributed by atoms with Crippen LogP contribution in [0.15, 0.2) is 112 Å².